The lowest BCUT2D eigenvalue weighted by atomic mass is 9.85. The van der Waals surface area contributed by atoms with E-state index in [1.54, 1.807) is 7.11 Å². The van der Waals surface area contributed by atoms with Crippen LogP contribution >= 0.6 is 0 Å². The Hall–Kier alpha value is -2.59. The Morgan fingerprint density at radius 1 is 1.10 bits per heavy atom. The Bertz CT molecular complexity index is 1020. The third-order valence-corrected chi connectivity index (χ3v) is 6.76. The first-order valence-corrected chi connectivity index (χ1v) is 10.7. The van der Waals surface area contributed by atoms with Gasteiger partial charge in [0, 0.05) is 23.4 Å². The molecule has 2 aliphatic rings. The second-order valence-corrected chi connectivity index (χ2v) is 8.60. The van der Waals surface area contributed by atoms with Crippen LogP contribution in [0.5, 0.6) is 5.75 Å². The van der Waals surface area contributed by atoms with E-state index in [0.717, 1.165) is 54.8 Å². The summed E-state index contributed by atoms with van der Waals surface area (Å²) in [6.07, 6.45) is 4.27. The zero-order valence-electron chi connectivity index (χ0n) is 17.0. The van der Waals surface area contributed by atoms with Crippen LogP contribution in [0, 0.1) is 11.8 Å². The summed E-state index contributed by atoms with van der Waals surface area (Å²) in [5.74, 6) is 1.95. The van der Waals surface area contributed by atoms with E-state index < -0.39 is 0 Å². The largest absolute Gasteiger partial charge is 0.497 e. The number of piperidine rings is 1. The van der Waals surface area contributed by atoms with Crippen molar-refractivity contribution in [1.82, 2.24) is 9.88 Å². The molecule has 0 amide bonds. The van der Waals surface area contributed by atoms with Gasteiger partial charge in [0.05, 0.1) is 12.8 Å². The van der Waals surface area contributed by atoms with Gasteiger partial charge in [-0.1, -0.05) is 30.3 Å². The highest BCUT2D eigenvalue weighted by Crippen LogP contribution is 2.38. The number of aromatic nitrogens is 1. The number of carbonyl (C=O) groups excluding carboxylic acids is 1. The number of H-pyrrole nitrogens is 1. The zero-order chi connectivity index (χ0) is 19.8. The Morgan fingerprint density at radius 3 is 2.66 bits per heavy atom. The molecule has 4 heteroatoms. The molecule has 1 saturated heterocycles. The lowest BCUT2D eigenvalue weighted by Crippen LogP contribution is -2.34. The van der Waals surface area contributed by atoms with Gasteiger partial charge in [0.1, 0.15) is 5.75 Å². The molecule has 0 bridgehead atoms. The summed E-state index contributed by atoms with van der Waals surface area (Å²) in [6, 6.07) is 16.7. The van der Waals surface area contributed by atoms with Crippen molar-refractivity contribution in [1.29, 1.82) is 0 Å². The molecule has 1 unspecified atom stereocenters. The van der Waals surface area contributed by atoms with E-state index in [9.17, 15) is 4.79 Å². The number of hydrogen-bond acceptors (Lipinski definition) is 3. The number of ketones is 1. The van der Waals surface area contributed by atoms with Crippen molar-refractivity contribution in [2.75, 3.05) is 20.2 Å². The van der Waals surface area contributed by atoms with E-state index in [1.165, 1.54) is 24.0 Å². The van der Waals surface area contributed by atoms with Gasteiger partial charge < -0.3 is 9.72 Å². The van der Waals surface area contributed by atoms with Crippen molar-refractivity contribution in [3.8, 4) is 5.75 Å². The first-order valence-electron chi connectivity index (χ1n) is 10.7. The molecule has 1 aromatic heterocycles. The number of likely N-dealkylation sites (tertiary alicyclic amines) is 1. The number of nitrogens with one attached hydrogen (secondary N) is 1. The number of fused-ring (bicyclic) bond motifs is 3. The first-order chi connectivity index (χ1) is 14.2. The standard InChI is InChI=1S/C25H28N2O2/c1-29-20-7-8-23-21(15-20)22-14-19(25(28)24(22)26-23)13-17-9-11-27(12-10-17)16-18-5-3-2-4-6-18/h2-8,15,17,19,26H,9-14,16H2,1H3. The normalized spacial score (nSPS) is 20.3. The number of nitrogens with zero attached hydrogens (tertiary/aromatic N) is 1. The van der Waals surface area contributed by atoms with Crippen molar-refractivity contribution < 1.29 is 9.53 Å². The summed E-state index contributed by atoms with van der Waals surface area (Å²) in [5.41, 5.74) is 4.45. The van der Waals surface area contributed by atoms with Gasteiger partial charge in [0.15, 0.2) is 5.78 Å². The average Bonchev–Trinajstić information content (AvgIpc) is 3.26. The Balaban J connectivity index is 1.21. The molecule has 0 spiro atoms. The van der Waals surface area contributed by atoms with Crippen molar-refractivity contribution in [2.24, 2.45) is 11.8 Å². The van der Waals surface area contributed by atoms with Crippen molar-refractivity contribution >= 4 is 16.7 Å². The van der Waals surface area contributed by atoms with Crippen LogP contribution in [0.25, 0.3) is 10.9 Å². The number of Topliss-reactive ketones (excluding diaryl/α,β-unsaturated/α-hetero) is 1. The average molecular weight is 389 g/mol. The molecular formula is C25H28N2O2. The minimum absolute atomic E-state index is 0.137. The molecule has 150 valence electrons. The Kier molecular flexibility index (Phi) is 4.88. The molecule has 1 N–H and O–H groups in total. The van der Waals surface area contributed by atoms with E-state index in [2.05, 4.69) is 46.3 Å². The number of hydrogen-bond donors (Lipinski definition) is 1. The SMILES string of the molecule is COc1ccc2[nH]c3c(c2c1)CC(CC1CCN(Cc2ccccc2)CC1)C3=O. The summed E-state index contributed by atoms with van der Waals surface area (Å²) in [4.78, 5) is 18.9. The van der Waals surface area contributed by atoms with Crippen molar-refractivity contribution in [2.45, 2.75) is 32.2 Å². The molecule has 29 heavy (non-hydrogen) atoms. The topological polar surface area (TPSA) is 45.3 Å². The fourth-order valence-corrected chi connectivity index (χ4v) is 5.13. The maximum absolute atomic E-state index is 13.0. The second kappa shape index (κ2) is 7.68. The molecule has 1 aliphatic carbocycles. The highest BCUT2D eigenvalue weighted by atomic mass is 16.5. The van der Waals surface area contributed by atoms with Gasteiger partial charge >= 0.3 is 0 Å². The predicted molar refractivity (Wildman–Crippen MR) is 115 cm³/mol. The molecule has 2 aromatic carbocycles. The molecule has 1 atom stereocenters. The van der Waals surface area contributed by atoms with Crippen LogP contribution in [0.1, 0.15) is 40.9 Å². The van der Waals surface area contributed by atoms with Crippen LogP contribution in [0.3, 0.4) is 0 Å². The monoisotopic (exact) mass is 388 g/mol. The van der Waals surface area contributed by atoms with Gasteiger partial charge in [0.2, 0.25) is 0 Å². The lowest BCUT2D eigenvalue weighted by molar-refractivity contribution is 0.0892. The number of rotatable bonds is 5. The van der Waals surface area contributed by atoms with E-state index in [1.807, 2.05) is 12.1 Å². The second-order valence-electron chi connectivity index (χ2n) is 8.60. The van der Waals surface area contributed by atoms with Gasteiger partial charge in [-0.2, -0.15) is 0 Å². The molecule has 2 heterocycles. The van der Waals surface area contributed by atoms with Gasteiger partial charge in [-0.05, 0) is 74.0 Å². The van der Waals surface area contributed by atoms with Crippen LogP contribution in [0.4, 0.5) is 0 Å². The summed E-state index contributed by atoms with van der Waals surface area (Å²) >= 11 is 0. The third kappa shape index (κ3) is 3.58. The van der Waals surface area contributed by atoms with E-state index >= 15 is 0 Å². The summed E-state index contributed by atoms with van der Waals surface area (Å²) in [7, 11) is 1.69. The molecule has 1 aliphatic heterocycles. The third-order valence-electron chi connectivity index (χ3n) is 6.76. The smallest absolute Gasteiger partial charge is 0.182 e. The quantitative estimate of drug-likeness (QED) is 0.681. The number of carbonyl (C=O) groups is 1. The van der Waals surface area contributed by atoms with Crippen LogP contribution < -0.4 is 4.74 Å². The molecule has 4 nitrogen and oxygen atoms in total. The lowest BCUT2D eigenvalue weighted by Gasteiger charge is -2.33. The zero-order valence-corrected chi connectivity index (χ0v) is 17.0. The van der Waals surface area contributed by atoms with E-state index in [-0.39, 0.29) is 5.92 Å². The minimum Gasteiger partial charge on any atom is -0.497 e. The molecule has 0 radical (unpaired) electrons. The van der Waals surface area contributed by atoms with Gasteiger partial charge in [-0.25, -0.2) is 0 Å². The number of methoxy groups -OCH3 is 1. The fraction of sp³-hybridized carbons (Fsp3) is 0.400. The maximum atomic E-state index is 13.0. The van der Waals surface area contributed by atoms with Gasteiger partial charge in [0.25, 0.3) is 0 Å². The number of aromatic amines is 1. The molecular weight excluding hydrogens is 360 g/mol. The van der Waals surface area contributed by atoms with Crippen LogP contribution in [0.2, 0.25) is 0 Å². The number of ether oxygens (including phenoxy) is 1. The van der Waals surface area contributed by atoms with Crippen LogP contribution in [0.15, 0.2) is 48.5 Å². The van der Waals surface area contributed by atoms with Crippen molar-refractivity contribution in [3.05, 3.63) is 65.4 Å². The summed E-state index contributed by atoms with van der Waals surface area (Å²) < 4.78 is 5.38. The van der Waals surface area contributed by atoms with E-state index in [4.69, 9.17) is 4.74 Å². The maximum Gasteiger partial charge on any atom is 0.182 e. The Labute approximate surface area is 171 Å². The fourth-order valence-electron chi connectivity index (χ4n) is 5.13. The molecule has 3 aromatic rings. The van der Waals surface area contributed by atoms with Crippen LogP contribution in [-0.4, -0.2) is 35.9 Å². The number of benzene rings is 2. The molecule has 0 saturated carbocycles. The Morgan fingerprint density at radius 2 is 1.90 bits per heavy atom. The highest BCUT2D eigenvalue weighted by molar-refractivity contribution is 6.07. The van der Waals surface area contributed by atoms with Crippen LogP contribution in [-0.2, 0) is 13.0 Å². The molecule has 5 rings (SSSR count). The van der Waals surface area contributed by atoms with E-state index in [0.29, 0.717) is 11.7 Å². The summed E-state index contributed by atoms with van der Waals surface area (Å²) in [5, 5.41) is 1.15. The first kappa shape index (κ1) is 18.4. The molecule has 1 fully saturated rings. The highest BCUT2D eigenvalue weighted by Gasteiger charge is 2.35. The predicted octanol–water partition coefficient (Wildman–Crippen LogP) is 4.83. The van der Waals surface area contributed by atoms with Gasteiger partial charge in [-0.15, -0.1) is 0 Å². The van der Waals surface area contributed by atoms with Gasteiger partial charge in [-0.3, -0.25) is 9.69 Å². The summed E-state index contributed by atoms with van der Waals surface area (Å²) in [6.45, 7) is 3.30. The minimum atomic E-state index is 0.137. The van der Waals surface area contributed by atoms with Crippen molar-refractivity contribution in [3.63, 3.8) is 0 Å².